The number of aryl methyl sites for hydroxylation is 1. The lowest BCUT2D eigenvalue weighted by Crippen LogP contribution is -2.50. The maximum absolute atomic E-state index is 13.2. The summed E-state index contributed by atoms with van der Waals surface area (Å²) in [5.74, 6) is -1.06. The molecule has 0 atom stereocenters. The Morgan fingerprint density at radius 1 is 1.02 bits per heavy atom. The number of rotatable bonds is 6. The average Bonchev–Trinajstić information content (AvgIpc) is 3.31. The molecule has 3 N–H and O–H groups in total. The molecule has 1 aliphatic heterocycles. The van der Waals surface area contributed by atoms with Gasteiger partial charge in [-0.05, 0) is 51.1 Å². The van der Waals surface area contributed by atoms with Crippen LogP contribution in [0.1, 0.15) is 45.0 Å². The minimum absolute atomic E-state index is 0.00810. The van der Waals surface area contributed by atoms with Crippen molar-refractivity contribution < 1.29 is 32.2 Å². The van der Waals surface area contributed by atoms with Gasteiger partial charge < -0.3 is 34.9 Å². The third kappa shape index (κ3) is 8.51. The first-order valence-corrected chi connectivity index (χ1v) is 13.4. The smallest absolute Gasteiger partial charge is 0.444 e. The molecule has 228 valence electrons. The van der Waals surface area contributed by atoms with E-state index in [4.69, 9.17) is 10.5 Å². The molecule has 0 bridgehead atoms. The van der Waals surface area contributed by atoms with Crippen molar-refractivity contribution in [1.29, 1.82) is 0 Å². The van der Waals surface area contributed by atoms with Crippen LogP contribution in [-0.2, 0) is 11.8 Å². The molecule has 1 fully saturated rings. The molecular formula is C28H36F3N7O4. The molecule has 1 saturated heterocycles. The molecule has 14 heteroatoms. The van der Waals surface area contributed by atoms with Crippen molar-refractivity contribution in [2.45, 2.75) is 46.6 Å². The first-order chi connectivity index (χ1) is 19.7. The third-order valence-electron chi connectivity index (χ3n) is 5.94. The summed E-state index contributed by atoms with van der Waals surface area (Å²) in [7, 11) is 1.71. The van der Waals surface area contributed by atoms with Gasteiger partial charge in [-0.3, -0.25) is 4.79 Å². The Hall–Kier alpha value is -4.49. The second-order valence-corrected chi connectivity index (χ2v) is 10.2. The highest BCUT2D eigenvalue weighted by molar-refractivity contribution is 5.94. The largest absolute Gasteiger partial charge is 0.573 e. The number of alkyl halides is 3. The van der Waals surface area contributed by atoms with Crippen molar-refractivity contribution in [2.75, 3.05) is 36.4 Å². The number of carbonyl (C=O) groups excluding carboxylic acids is 2. The lowest BCUT2D eigenvalue weighted by atomic mass is 10.2. The second-order valence-electron chi connectivity index (χ2n) is 10.2. The van der Waals surface area contributed by atoms with Gasteiger partial charge in [-0.25, -0.2) is 14.8 Å². The topological polar surface area (TPSA) is 128 Å². The Labute approximate surface area is 242 Å². The van der Waals surface area contributed by atoms with Crippen LogP contribution in [0, 0.1) is 0 Å². The molecule has 0 unspecified atom stereocenters. The van der Waals surface area contributed by atoms with Gasteiger partial charge in [0.1, 0.15) is 5.60 Å². The molecule has 0 aliphatic carbocycles. The molecule has 3 heterocycles. The Balaban J connectivity index is 0.00000237. The molecule has 1 aliphatic rings. The van der Waals surface area contributed by atoms with E-state index in [0.717, 1.165) is 0 Å². The zero-order valence-corrected chi connectivity index (χ0v) is 24.5. The van der Waals surface area contributed by atoms with E-state index in [2.05, 4.69) is 20.0 Å². The molecule has 0 spiro atoms. The van der Waals surface area contributed by atoms with Gasteiger partial charge in [-0.2, -0.15) is 0 Å². The van der Waals surface area contributed by atoms with Crippen LogP contribution in [-0.4, -0.2) is 69.6 Å². The number of amides is 2. The van der Waals surface area contributed by atoms with Gasteiger partial charge in [0, 0.05) is 51.3 Å². The molecule has 1 aromatic carbocycles. The van der Waals surface area contributed by atoms with Crippen LogP contribution >= 0.6 is 0 Å². The second kappa shape index (κ2) is 13.0. The van der Waals surface area contributed by atoms with Crippen molar-refractivity contribution in [3.05, 3.63) is 48.3 Å². The first kappa shape index (κ1) is 32.0. The summed E-state index contributed by atoms with van der Waals surface area (Å²) < 4.78 is 50.8. The fourth-order valence-corrected chi connectivity index (χ4v) is 4.14. The highest BCUT2D eigenvalue weighted by Crippen LogP contribution is 2.36. The average molecular weight is 592 g/mol. The first-order valence-electron chi connectivity index (χ1n) is 13.4. The monoisotopic (exact) mass is 591 g/mol. The third-order valence-corrected chi connectivity index (χ3v) is 5.94. The van der Waals surface area contributed by atoms with E-state index >= 15 is 0 Å². The standard InChI is InChI=1S/C26H30F3N7O4.C2H6/c1-25(2,3)40-24(38)36-11-9-35(10-12-36)17-5-6-21(39-26(27,28)29)19(14-17)33-23-31-8-7-18(32-23)20-13-16(22(30)37)15-34(20)4;1-2/h5-8,13-15H,9-12H2,1-4H3,(H2,30,37)(H,31,32,33);1-2H3. The molecular weight excluding hydrogens is 555 g/mol. The van der Waals surface area contributed by atoms with Crippen LogP contribution in [0.15, 0.2) is 42.7 Å². The summed E-state index contributed by atoms with van der Waals surface area (Å²) in [4.78, 5) is 36.0. The van der Waals surface area contributed by atoms with E-state index in [0.29, 0.717) is 43.3 Å². The van der Waals surface area contributed by atoms with Crippen LogP contribution in [0.5, 0.6) is 5.75 Å². The molecule has 4 rings (SSSR count). The Bertz CT molecular complexity index is 1390. The number of carbonyl (C=O) groups is 2. The predicted octanol–water partition coefficient (Wildman–Crippen LogP) is 5.31. The Morgan fingerprint density at radius 3 is 2.26 bits per heavy atom. The number of ether oxygens (including phenoxy) is 2. The number of nitrogens with one attached hydrogen (secondary N) is 1. The minimum atomic E-state index is -4.92. The fourth-order valence-electron chi connectivity index (χ4n) is 4.14. The van der Waals surface area contributed by atoms with Gasteiger partial charge in [0.05, 0.1) is 22.6 Å². The number of aromatic nitrogens is 3. The number of nitrogens with two attached hydrogens (primary N) is 1. The van der Waals surface area contributed by atoms with E-state index in [-0.39, 0.29) is 17.2 Å². The van der Waals surface area contributed by atoms with Gasteiger partial charge in [-0.1, -0.05) is 13.8 Å². The number of anilines is 3. The van der Waals surface area contributed by atoms with Gasteiger partial charge >= 0.3 is 12.5 Å². The zero-order valence-electron chi connectivity index (χ0n) is 24.5. The number of halogens is 3. The zero-order chi connectivity index (χ0) is 31.2. The van der Waals surface area contributed by atoms with Crippen molar-refractivity contribution in [2.24, 2.45) is 12.8 Å². The van der Waals surface area contributed by atoms with E-state index in [9.17, 15) is 22.8 Å². The lowest BCUT2D eigenvalue weighted by Gasteiger charge is -2.37. The summed E-state index contributed by atoms with van der Waals surface area (Å²) in [6.07, 6.45) is -2.35. The SMILES string of the molecule is CC.Cn1cc(C(N)=O)cc1-c1ccnc(Nc2cc(N3CCN(C(=O)OC(C)(C)C)CC3)ccc2OC(F)(F)F)n1. The molecule has 2 amide bonds. The van der Waals surface area contributed by atoms with Crippen LogP contribution in [0.25, 0.3) is 11.4 Å². The number of primary amides is 1. The quantitative estimate of drug-likeness (QED) is 0.395. The normalized spacial score (nSPS) is 13.6. The van der Waals surface area contributed by atoms with Crippen molar-refractivity contribution >= 4 is 29.3 Å². The Morgan fingerprint density at radius 2 is 1.69 bits per heavy atom. The fraction of sp³-hybridized carbons (Fsp3) is 0.429. The highest BCUT2D eigenvalue weighted by atomic mass is 19.4. The van der Waals surface area contributed by atoms with Gasteiger partial charge in [0.25, 0.3) is 0 Å². The maximum Gasteiger partial charge on any atom is 0.573 e. The lowest BCUT2D eigenvalue weighted by molar-refractivity contribution is -0.274. The number of piperazine rings is 1. The van der Waals surface area contributed by atoms with E-state index in [1.807, 2.05) is 18.7 Å². The summed E-state index contributed by atoms with van der Waals surface area (Å²) in [6, 6.07) is 7.39. The van der Waals surface area contributed by atoms with Crippen LogP contribution in [0.3, 0.4) is 0 Å². The molecule has 3 aromatic rings. The molecule has 0 saturated carbocycles. The Kier molecular flexibility index (Phi) is 9.91. The molecule has 2 aromatic heterocycles. The molecule has 11 nitrogen and oxygen atoms in total. The van der Waals surface area contributed by atoms with Crippen molar-refractivity contribution in [3.63, 3.8) is 0 Å². The minimum Gasteiger partial charge on any atom is -0.444 e. The van der Waals surface area contributed by atoms with Gasteiger partial charge in [0.15, 0.2) is 5.75 Å². The maximum atomic E-state index is 13.2. The molecule has 42 heavy (non-hydrogen) atoms. The highest BCUT2D eigenvalue weighted by Gasteiger charge is 2.33. The number of nitrogens with zero attached hydrogens (tertiary/aromatic N) is 5. The van der Waals surface area contributed by atoms with Crippen LogP contribution in [0.2, 0.25) is 0 Å². The summed E-state index contributed by atoms with van der Waals surface area (Å²) in [6.45, 7) is 11.0. The number of benzene rings is 1. The van der Waals surface area contributed by atoms with Crippen LogP contribution < -0.4 is 20.7 Å². The van der Waals surface area contributed by atoms with E-state index < -0.39 is 29.7 Å². The van der Waals surface area contributed by atoms with Gasteiger partial charge in [-0.15, -0.1) is 13.2 Å². The van der Waals surface area contributed by atoms with Gasteiger partial charge in [0.2, 0.25) is 11.9 Å². The summed E-state index contributed by atoms with van der Waals surface area (Å²) >= 11 is 0. The summed E-state index contributed by atoms with van der Waals surface area (Å²) in [5, 5.41) is 2.83. The van der Waals surface area contributed by atoms with Crippen molar-refractivity contribution in [3.8, 4) is 17.1 Å². The predicted molar refractivity (Wildman–Crippen MR) is 153 cm³/mol. The number of hydrogen-bond donors (Lipinski definition) is 2. The van der Waals surface area contributed by atoms with E-state index in [1.54, 1.807) is 55.6 Å². The molecule has 0 radical (unpaired) electrons. The number of hydrogen-bond acceptors (Lipinski definition) is 8. The van der Waals surface area contributed by atoms with Crippen LogP contribution in [0.4, 0.5) is 35.3 Å². The van der Waals surface area contributed by atoms with E-state index in [1.165, 1.54) is 24.4 Å². The van der Waals surface area contributed by atoms with Crippen molar-refractivity contribution in [1.82, 2.24) is 19.4 Å². The summed E-state index contributed by atoms with van der Waals surface area (Å²) in [5.41, 5.74) is 6.61.